The van der Waals surface area contributed by atoms with Crippen LogP contribution in [0.2, 0.25) is 0 Å². The summed E-state index contributed by atoms with van der Waals surface area (Å²) < 4.78 is 0. The van der Waals surface area contributed by atoms with Crippen molar-refractivity contribution in [1.82, 2.24) is 10.3 Å². The molecule has 2 saturated carbocycles. The smallest absolute Gasteiger partial charge is 0.229 e. The fraction of sp³-hybridized carbons (Fsp3) is 0.500. The number of nitrogens with one attached hydrogen (secondary N) is 2. The van der Waals surface area contributed by atoms with Crippen LogP contribution >= 0.6 is 22.7 Å². The first-order valence-corrected chi connectivity index (χ1v) is 10.4. The van der Waals surface area contributed by atoms with E-state index < -0.39 is 0 Å². The predicted molar refractivity (Wildman–Crippen MR) is 101 cm³/mol. The number of thiophene rings is 1. The highest BCUT2D eigenvalue weighted by Crippen LogP contribution is 2.48. The molecule has 0 aliphatic heterocycles. The van der Waals surface area contributed by atoms with Crippen molar-refractivity contribution >= 4 is 39.6 Å². The zero-order valence-electron chi connectivity index (χ0n) is 14.1. The van der Waals surface area contributed by atoms with Gasteiger partial charge in [-0.3, -0.25) is 9.59 Å². The lowest BCUT2D eigenvalue weighted by atomic mass is 9.88. The van der Waals surface area contributed by atoms with Crippen molar-refractivity contribution in [3.05, 3.63) is 22.4 Å². The van der Waals surface area contributed by atoms with E-state index in [2.05, 4.69) is 15.6 Å². The Morgan fingerprint density at radius 1 is 1.28 bits per heavy atom. The summed E-state index contributed by atoms with van der Waals surface area (Å²) in [5.41, 5.74) is 0.882. The van der Waals surface area contributed by atoms with E-state index in [4.69, 9.17) is 0 Å². The second-order valence-electron chi connectivity index (χ2n) is 6.98. The summed E-state index contributed by atoms with van der Waals surface area (Å²) >= 11 is 3.08. The summed E-state index contributed by atoms with van der Waals surface area (Å²) in [5, 5.41) is 8.48. The van der Waals surface area contributed by atoms with E-state index in [9.17, 15) is 9.59 Å². The number of anilines is 1. The molecule has 4 rings (SSSR count). The maximum atomic E-state index is 12.5. The van der Waals surface area contributed by atoms with E-state index in [1.54, 1.807) is 11.3 Å². The Labute approximate surface area is 154 Å². The first kappa shape index (κ1) is 16.7. The number of aromatic nitrogens is 1. The lowest BCUT2D eigenvalue weighted by Gasteiger charge is -2.19. The highest BCUT2D eigenvalue weighted by molar-refractivity contribution is 7.17. The van der Waals surface area contributed by atoms with Gasteiger partial charge in [0.1, 0.15) is 0 Å². The molecule has 2 aliphatic carbocycles. The Balaban J connectivity index is 1.38. The number of fused-ring (bicyclic) bond motifs is 2. The monoisotopic (exact) mass is 375 g/mol. The van der Waals surface area contributed by atoms with E-state index in [1.165, 1.54) is 37.5 Å². The largest absolute Gasteiger partial charge is 0.351 e. The molecule has 2 aromatic rings. The first-order chi connectivity index (χ1) is 12.1. The number of rotatable bonds is 5. The molecule has 2 aliphatic rings. The molecule has 2 bridgehead atoms. The molecule has 2 aromatic heterocycles. The number of thiazole rings is 1. The van der Waals surface area contributed by atoms with E-state index in [0.717, 1.165) is 27.8 Å². The van der Waals surface area contributed by atoms with Gasteiger partial charge in [0.2, 0.25) is 11.8 Å². The molecular formula is C18H21N3O2S2. The molecule has 0 aromatic carbocycles. The minimum absolute atomic E-state index is 0.0331. The standard InChI is InChI=1S/C18H21N3O2S2/c1-10(22)19-8-13-4-5-16(25-13)15-9-24-18(20-15)21-17(23)14-7-11-2-3-12(14)6-11/h4-5,9,11-12,14H,2-3,6-8H2,1H3,(H,19,22)(H,20,21,23). The molecule has 0 spiro atoms. The Morgan fingerprint density at radius 3 is 2.88 bits per heavy atom. The van der Waals surface area contributed by atoms with Crippen LogP contribution in [0, 0.1) is 17.8 Å². The van der Waals surface area contributed by atoms with Crippen molar-refractivity contribution in [2.24, 2.45) is 17.8 Å². The molecule has 5 nitrogen and oxygen atoms in total. The van der Waals surface area contributed by atoms with Crippen LogP contribution in [0.5, 0.6) is 0 Å². The maximum Gasteiger partial charge on any atom is 0.229 e. The second-order valence-corrected chi connectivity index (χ2v) is 9.01. The van der Waals surface area contributed by atoms with Gasteiger partial charge in [0.15, 0.2) is 5.13 Å². The molecule has 2 heterocycles. The summed E-state index contributed by atoms with van der Waals surface area (Å²) in [6.07, 6.45) is 4.78. The van der Waals surface area contributed by atoms with Gasteiger partial charge in [-0.15, -0.1) is 22.7 Å². The Morgan fingerprint density at radius 2 is 2.16 bits per heavy atom. The van der Waals surface area contributed by atoms with Crippen LogP contribution in [0.15, 0.2) is 17.5 Å². The average molecular weight is 376 g/mol. The SMILES string of the molecule is CC(=O)NCc1ccc(-c2csc(NC(=O)C3CC4CCC3C4)n2)s1. The number of carbonyl (C=O) groups excluding carboxylic acids is 2. The van der Waals surface area contributed by atoms with Crippen LogP contribution in [-0.4, -0.2) is 16.8 Å². The lowest BCUT2D eigenvalue weighted by Crippen LogP contribution is -2.27. The molecule has 7 heteroatoms. The van der Waals surface area contributed by atoms with E-state index in [1.807, 2.05) is 17.5 Å². The molecule has 0 saturated heterocycles. The van der Waals surface area contributed by atoms with Gasteiger partial charge in [-0.05, 0) is 43.2 Å². The number of hydrogen-bond donors (Lipinski definition) is 2. The van der Waals surface area contributed by atoms with Gasteiger partial charge in [-0.25, -0.2) is 4.98 Å². The van der Waals surface area contributed by atoms with Crippen molar-refractivity contribution in [2.45, 2.75) is 39.2 Å². The van der Waals surface area contributed by atoms with Crippen LogP contribution in [0.3, 0.4) is 0 Å². The molecule has 2 fully saturated rings. The molecular weight excluding hydrogens is 354 g/mol. The molecule has 2 amide bonds. The van der Waals surface area contributed by atoms with E-state index in [-0.39, 0.29) is 17.7 Å². The molecule has 0 radical (unpaired) electrons. The number of hydrogen-bond acceptors (Lipinski definition) is 5. The third kappa shape index (κ3) is 3.62. The highest BCUT2D eigenvalue weighted by atomic mass is 32.1. The summed E-state index contributed by atoms with van der Waals surface area (Å²) in [7, 11) is 0. The Bertz CT molecular complexity index is 798. The van der Waals surface area contributed by atoms with Gasteiger partial charge in [0, 0.05) is 23.1 Å². The van der Waals surface area contributed by atoms with Gasteiger partial charge >= 0.3 is 0 Å². The van der Waals surface area contributed by atoms with Crippen molar-refractivity contribution < 1.29 is 9.59 Å². The summed E-state index contributed by atoms with van der Waals surface area (Å²) in [6.45, 7) is 2.05. The van der Waals surface area contributed by atoms with Crippen LogP contribution in [-0.2, 0) is 16.1 Å². The molecule has 2 N–H and O–H groups in total. The zero-order valence-corrected chi connectivity index (χ0v) is 15.7. The van der Waals surface area contributed by atoms with Crippen molar-refractivity contribution in [2.75, 3.05) is 5.32 Å². The third-order valence-electron chi connectivity index (χ3n) is 5.23. The van der Waals surface area contributed by atoms with Crippen molar-refractivity contribution in [1.29, 1.82) is 0 Å². The Kier molecular flexibility index (Phi) is 4.60. The fourth-order valence-corrected chi connectivity index (χ4v) is 5.73. The normalized spacial score (nSPS) is 24.4. The van der Waals surface area contributed by atoms with Gasteiger partial charge in [-0.2, -0.15) is 0 Å². The average Bonchev–Trinajstić information content (AvgIpc) is 3.35. The van der Waals surface area contributed by atoms with Crippen LogP contribution < -0.4 is 10.6 Å². The molecule has 3 unspecified atom stereocenters. The van der Waals surface area contributed by atoms with Crippen LogP contribution in [0.25, 0.3) is 10.6 Å². The number of amides is 2. The molecule has 132 valence electrons. The van der Waals surface area contributed by atoms with Gasteiger partial charge < -0.3 is 10.6 Å². The number of carbonyl (C=O) groups is 2. The zero-order chi connectivity index (χ0) is 17.4. The third-order valence-corrected chi connectivity index (χ3v) is 7.10. The second kappa shape index (κ2) is 6.88. The predicted octanol–water partition coefficient (Wildman–Crippen LogP) is 3.88. The summed E-state index contributed by atoms with van der Waals surface area (Å²) in [6, 6.07) is 4.02. The summed E-state index contributed by atoms with van der Waals surface area (Å²) in [5.74, 6) is 1.63. The topological polar surface area (TPSA) is 71.1 Å². The van der Waals surface area contributed by atoms with Gasteiger partial charge in [0.25, 0.3) is 0 Å². The minimum atomic E-state index is -0.0331. The maximum absolute atomic E-state index is 12.5. The lowest BCUT2D eigenvalue weighted by molar-refractivity contribution is -0.121. The summed E-state index contributed by atoms with van der Waals surface area (Å²) in [4.78, 5) is 30.2. The fourth-order valence-electron chi connectivity index (χ4n) is 4.03. The Hall–Kier alpha value is -1.73. The van der Waals surface area contributed by atoms with Gasteiger partial charge in [-0.1, -0.05) is 6.42 Å². The van der Waals surface area contributed by atoms with Crippen LogP contribution in [0.4, 0.5) is 5.13 Å². The van der Waals surface area contributed by atoms with E-state index >= 15 is 0 Å². The van der Waals surface area contributed by atoms with Crippen molar-refractivity contribution in [3.8, 4) is 10.6 Å². The van der Waals surface area contributed by atoms with Crippen LogP contribution in [0.1, 0.15) is 37.5 Å². The van der Waals surface area contributed by atoms with Crippen molar-refractivity contribution in [3.63, 3.8) is 0 Å². The quantitative estimate of drug-likeness (QED) is 0.833. The first-order valence-electron chi connectivity index (χ1n) is 8.68. The molecule has 25 heavy (non-hydrogen) atoms. The molecule has 3 atom stereocenters. The minimum Gasteiger partial charge on any atom is -0.351 e. The number of nitrogens with zero attached hydrogens (tertiary/aromatic N) is 1. The highest BCUT2D eigenvalue weighted by Gasteiger charge is 2.43. The van der Waals surface area contributed by atoms with E-state index in [0.29, 0.717) is 17.6 Å². The van der Waals surface area contributed by atoms with Gasteiger partial charge in [0.05, 0.1) is 17.1 Å².